The van der Waals surface area contributed by atoms with Crippen molar-refractivity contribution in [3.63, 3.8) is 0 Å². The lowest BCUT2D eigenvalue weighted by Gasteiger charge is -2.16. The van der Waals surface area contributed by atoms with Crippen LogP contribution in [-0.2, 0) is 16.1 Å². The Morgan fingerprint density at radius 1 is 1.12 bits per heavy atom. The van der Waals surface area contributed by atoms with Crippen molar-refractivity contribution in [2.24, 2.45) is 0 Å². The first-order valence-corrected chi connectivity index (χ1v) is 11.1. The average Bonchev–Trinajstić information content (AvgIpc) is 3.62. The third-order valence-corrected chi connectivity index (χ3v) is 6.07. The number of benzene rings is 2. The van der Waals surface area contributed by atoms with Gasteiger partial charge in [-0.3, -0.25) is 19.1 Å². The molecule has 10 heteroatoms. The van der Waals surface area contributed by atoms with Crippen molar-refractivity contribution in [3.05, 3.63) is 61.2 Å². The number of carbonyl (C=O) groups is 2. The van der Waals surface area contributed by atoms with E-state index in [9.17, 15) is 9.59 Å². The summed E-state index contributed by atoms with van der Waals surface area (Å²) in [6.07, 6.45) is 6.12. The number of fused-ring (bicyclic) bond motifs is 4. The van der Waals surface area contributed by atoms with Crippen LogP contribution in [0.2, 0.25) is 0 Å². The largest absolute Gasteiger partial charge is 0.454 e. The first-order chi connectivity index (χ1) is 16.7. The number of hydrogen-bond donors (Lipinski definition) is 1. The fourth-order valence-electron chi connectivity index (χ4n) is 4.50. The van der Waals surface area contributed by atoms with Crippen LogP contribution in [0.3, 0.4) is 0 Å². The van der Waals surface area contributed by atoms with Gasteiger partial charge in [0.15, 0.2) is 11.5 Å². The third-order valence-electron chi connectivity index (χ3n) is 6.07. The second-order valence-electron chi connectivity index (χ2n) is 8.25. The highest BCUT2D eigenvalue weighted by atomic mass is 16.7. The predicted octanol–water partition coefficient (Wildman–Crippen LogP) is 2.97. The van der Waals surface area contributed by atoms with Crippen molar-refractivity contribution >= 4 is 34.5 Å². The molecule has 0 saturated heterocycles. The van der Waals surface area contributed by atoms with Gasteiger partial charge in [-0.1, -0.05) is 12.1 Å². The lowest BCUT2D eigenvalue weighted by Crippen LogP contribution is -2.32. The van der Waals surface area contributed by atoms with E-state index in [1.54, 1.807) is 35.6 Å². The second-order valence-corrected chi connectivity index (χ2v) is 8.25. The minimum atomic E-state index is -0.662. The molecule has 0 fully saturated rings. The first kappa shape index (κ1) is 20.3. The maximum atomic E-state index is 13.4. The Balaban J connectivity index is 1.23. The van der Waals surface area contributed by atoms with Crippen molar-refractivity contribution in [2.45, 2.75) is 25.4 Å². The maximum absolute atomic E-state index is 13.4. The van der Waals surface area contributed by atoms with Crippen LogP contribution in [0.15, 0.2) is 61.2 Å². The highest BCUT2D eigenvalue weighted by molar-refractivity contribution is 6.05. The highest BCUT2D eigenvalue weighted by Gasteiger charge is 2.40. The van der Waals surface area contributed by atoms with Crippen LogP contribution >= 0.6 is 0 Å². The maximum Gasteiger partial charge on any atom is 0.253 e. The van der Waals surface area contributed by atoms with Crippen LogP contribution in [0.1, 0.15) is 18.9 Å². The zero-order valence-corrected chi connectivity index (χ0v) is 18.3. The smallest absolute Gasteiger partial charge is 0.253 e. The van der Waals surface area contributed by atoms with Gasteiger partial charge in [0.05, 0.1) is 23.8 Å². The van der Waals surface area contributed by atoms with Crippen molar-refractivity contribution in [2.75, 3.05) is 23.6 Å². The molecule has 0 radical (unpaired) electrons. The molecule has 2 aromatic heterocycles. The number of nitrogens with zero attached hydrogens (tertiary/aromatic N) is 5. The van der Waals surface area contributed by atoms with Gasteiger partial charge >= 0.3 is 0 Å². The lowest BCUT2D eigenvalue weighted by atomic mass is 10.1. The monoisotopic (exact) mass is 458 g/mol. The molecule has 10 nitrogen and oxygen atoms in total. The lowest BCUT2D eigenvalue weighted by molar-refractivity contribution is -0.124. The van der Waals surface area contributed by atoms with Gasteiger partial charge < -0.3 is 19.4 Å². The Morgan fingerprint density at radius 2 is 2.00 bits per heavy atom. The van der Waals surface area contributed by atoms with E-state index in [4.69, 9.17) is 14.5 Å². The summed E-state index contributed by atoms with van der Waals surface area (Å²) in [6.45, 7) is 1.40. The molecule has 1 N–H and O–H groups in total. The van der Waals surface area contributed by atoms with E-state index in [1.807, 2.05) is 39.6 Å². The number of hydrogen-bond acceptors (Lipinski definition) is 6. The number of nitrogens with one attached hydrogen (secondary N) is 1. The number of rotatable bonds is 7. The molecule has 2 aliphatic rings. The molecule has 2 aromatic carbocycles. The van der Waals surface area contributed by atoms with Crippen LogP contribution in [-0.4, -0.2) is 44.3 Å². The van der Waals surface area contributed by atoms with E-state index < -0.39 is 6.04 Å². The quantitative estimate of drug-likeness (QED) is 0.457. The Bertz CT molecular complexity index is 1380. The molecule has 6 rings (SSSR count). The summed E-state index contributed by atoms with van der Waals surface area (Å²) in [5.41, 5.74) is 2.22. The van der Waals surface area contributed by atoms with Crippen molar-refractivity contribution < 1.29 is 19.1 Å². The minimum absolute atomic E-state index is 0.00134. The van der Waals surface area contributed by atoms with E-state index in [0.717, 1.165) is 24.0 Å². The topological polar surface area (TPSA) is 104 Å². The molecule has 172 valence electrons. The summed E-state index contributed by atoms with van der Waals surface area (Å²) < 4.78 is 14.6. The zero-order valence-electron chi connectivity index (χ0n) is 18.3. The number of ether oxygens (including phenoxy) is 2. The van der Waals surface area contributed by atoms with Gasteiger partial charge in [0.1, 0.15) is 6.04 Å². The molecule has 2 amide bonds. The van der Waals surface area contributed by atoms with Gasteiger partial charge in [0, 0.05) is 37.2 Å². The summed E-state index contributed by atoms with van der Waals surface area (Å²) in [4.78, 5) is 36.8. The molecule has 0 saturated carbocycles. The first-order valence-electron chi connectivity index (χ1n) is 11.1. The number of aryl methyl sites for hydroxylation is 1. The summed E-state index contributed by atoms with van der Waals surface area (Å²) in [5.74, 6) is 1.42. The average molecular weight is 458 g/mol. The molecular formula is C24H22N6O4. The van der Waals surface area contributed by atoms with Gasteiger partial charge in [-0.25, -0.2) is 9.97 Å². The molecule has 0 aliphatic carbocycles. The number of carbonyl (C=O) groups excluding carboxylic acids is 2. The van der Waals surface area contributed by atoms with Crippen LogP contribution in [0, 0.1) is 0 Å². The summed E-state index contributed by atoms with van der Waals surface area (Å²) >= 11 is 0. The second kappa shape index (κ2) is 8.22. The fraction of sp³-hybridized carbons (Fsp3) is 0.250. The molecular weight excluding hydrogens is 436 g/mol. The molecule has 0 bridgehead atoms. The number of imidazole rings is 2. The number of anilines is 2. The number of amides is 2. The third kappa shape index (κ3) is 3.53. The summed E-state index contributed by atoms with van der Waals surface area (Å²) in [7, 11) is 0. The standard InChI is InChI=1S/C24H22N6O4/c31-22(26-16-6-7-20-21(12-16)34-15-33-20)13-19-23(32)29(10-3-9-28-11-8-25-14-28)24-27-17-4-1-2-5-18(17)30(19)24/h1-2,4-8,11-12,14,19H,3,9-10,13,15H2,(H,26,31). The van der Waals surface area contributed by atoms with Crippen molar-refractivity contribution in [3.8, 4) is 11.5 Å². The van der Waals surface area contributed by atoms with Gasteiger partial charge in [0.25, 0.3) is 5.91 Å². The van der Waals surface area contributed by atoms with E-state index in [0.29, 0.717) is 29.7 Å². The molecule has 4 heterocycles. The Hall–Kier alpha value is -4.34. The molecule has 1 atom stereocenters. The predicted molar refractivity (Wildman–Crippen MR) is 124 cm³/mol. The normalized spacial score (nSPS) is 16.3. The Labute approximate surface area is 194 Å². The van der Waals surface area contributed by atoms with Gasteiger partial charge in [-0.2, -0.15) is 0 Å². The molecule has 34 heavy (non-hydrogen) atoms. The van der Waals surface area contributed by atoms with Gasteiger partial charge in [-0.15, -0.1) is 0 Å². The highest BCUT2D eigenvalue weighted by Crippen LogP contribution is 2.37. The van der Waals surface area contributed by atoms with Gasteiger partial charge in [-0.05, 0) is 30.7 Å². The van der Waals surface area contributed by atoms with Crippen LogP contribution in [0.4, 0.5) is 11.6 Å². The van der Waals surface area contributed by atoms with E-state index >= 15 is 0 Å². The molecule has 1 unspecified atom stereocenters. The summed E-state index contributed by atoms with van der Waals surface area (Å²) in [5, 5.41) is 2.88. The molecule has 4 aromatic rings. The Kier molecular flexibility index (Phi) is 4.90. The minimum Gasteiger partial charge on any atom is -0.454 e. The van der Waals surface area contributed by atoms with Crippen molar-refractivity contribution in [1.29, 1.82) is 0 Å². The van der Waals surface area contributed by atoms with Crippen molar-refractivity contribution in [1.82, 2.24) is 19.1 Å². The summed E-state index contributed by atoms with van der Waals surface area (Å²) in [6, 6.07) is 12.2. The van der Waals surface area contributed by atoms with Gasteiger partial charge in [0.2, 0.25) is 18.6 Å². The number of aromatic nitrogens is 4. The van der Waals surface area contributed by atoms with E-state index in [2.05, 4.69) is 10.3 Å². The van der Waals surface area contributed by atoms with Crippen LogP contribution < -0.4 is 19.7 Å². The van der Waals surface area contributed by atoms with E-state index in [1.165, 1.54) is 0 Å². The Morgan fingerprint density at radius 3 is 2.88 bits per heavy atom. The van der Waals surface area contributed by atoms with Crippen LogP contribution in [0.5, 0.6) is 11.5 Å². The zero-order chi connectivity index (χ0) is 23.1. The number of para-hydroxylation sites is 2. The van der Waals surface area contributed by atoms with E-state index in [-0.39, 0.29) is 25.0 Å². The van der Waals surface area contributed by atoms with Crippen LogP contribution in [0.25, 0.3) is 11.0 Å². The fourth-order valence-corrected chi connectivity index (χ4v) is 4.50. The SMILES string of the molecule is O=C(CC1C(=O)N(CCCn2ccnc2)c2nc3ccccc3n21)Nc1ccc2c(c1)OCO2. The molecule has 0 spiro atoms. The molecule has 2 aliphatic heterocycles.